The molecular formula is C24H30ClN3O. The van der Waals surface area contributed by atoms with Gasteiger partial charge in [0.25, 0.3) is 0 Å². The molecule has 1 saturated heterocycles. The average molecular weight is 412 g/mol. The largest absolute Gasteiger partial charge is 0.384 e. The Morgan fingerprint density at radius 3 is 2.86 bits per heavy atom. The predicted octanol–water partition coefficient (Wildman–Crippen LogP) is 5.47. The van der Waals surface area contributed by atoms with Crippen molar-refractivity contribution in [1.82, 2.24) is 10.3 Å². The van der Waals surface area contributed by atoms with Crippen molar-refractivity contribution < 1.29 is 4.74 Å². The highest BCUT2D eigenvalue weighted by molar-refractivity contribution is 6.30. The molecule has 1 aromatic heterocycles. The van der Waals surface area contributed by atoms with Gasteiger partial charge < -0.3 is 10.1 Å². The first-order valence-electron chi connectivity index (χ1n) is 10.9. The number of aryl methyl sites for hydroxylation is 1. The molecule has 2 fully saturated rings. The van der Waals surface area contributed by atoms with Crippen LogP contribution in [-0.2, 0) is 11.2 Å². The van der Waals surface area contributed by atoms with Gasteiger partial charge in [-0.15, -0.1) is 0 Å². The molecule has 2 aliphatic heterocycles. The minimum Gasteiger partial charge on any atom is -0.384 e. The third kappa shape index (κ3) is 4.52. The number of rotatable bonds is 6. The summed E-state index contributed by atoms with van der Waals surface area (Å²) in [7, 11) is 0. The van der Waals surface area contributed by atoms with Crippen molar-refractivity contribution in [2.24, 2.45) is 5.41 Å². The summed E-state index contributed by atoms with van der Waals surface area (Å²) in [6.07, 6.45) is 20.1. The number of nitrogens with one attached hydrogen (secondary N) is 1. The lowest BCUT2D eigenvalue weighted by Gasteiger charge is -2.48. The molecule has 1 atom stereocenters. The molecule has 0 unspecified atom stereocenters. The van der Waals surface area contributed by atoms with Crippen LogP contribution in [0, 0.1) is 16.7 Å². The summed E-state index contributed by atoms with van der Waals surface area (Å²) in [5.41, 5.74) is 3.27. The summed E-state index contributed by atoms with van der Waals surface area (Å²) in [4.78, 5) is 4.15. The monoisotopic (exact) mass is 411 g/mol. The fourth-order valence-electron chi connectivity index (χ4n) is 5.46. The van der Waals surface area contributed by atoms with Crippen LogP contribution in [0.25, 0.3) is 0 Å². The van der Waals surface area contributed by atoms with Crippen LogP contribution in [0.5, 0.6) is 0 Å². The van der Waals surface area contributed by atoms with Crippen LogP contribution in [0.2, 0.25) is 5.15 Å². The van der Waals surface area contributed by atoms with Crippen molar-refractivity contribution in [2.75, 3.05) is 13.2 Å². The molecule has 0 aromatic carbocycles. The topological polar surface area (TPSA) is 57.9 Å². The highest BCUT2D eigenvalue weighted by Crippen LogP contribution is 2.52. The van der Waals surface area contributed by atoms with Crippen molar-refractivity contribution in [2.45, 2.75) is 69.8 Å². The zero-order valence-electron chi connectivity index (χ0n) is 17.1. The highest BCUT2D eigenvalue weighted by atomic mass is 35.5. The first-order chi connectivity index (χ1) is 14.1. The number of dihydropyridines is 1. The molecule has 4 nitrogen and oxygen atoms in total. The second-order valence-electron chi connectivity index (χ2n) is 8.84. The van der Waals surface area contributed by atoms with E-state index in [4.69, 9.17) is 21.6 Å². The molecule has 1 N–H and O–H groups in total. The van der Waals surface area contributed by atoms with E-state index in [0.29, 0.717) is 10.7 Å². The number of nitrogens with zero attached hydrogens (tertiary/aromatic N) is 2. The molecule has 4 rings (SSSR count). The van der Waals surface area contributed by atoms with Gasteiger partial charge in [-0.2, -0.15) is 5.26 Å². The molecule has 1 aliphatic carbocycles. The second-order valence-corrected chi connectivity index (χ2v) is 9.19. The smallest absolute Gasteiger partial charge is 0.146 e. The zero-order chi connectivity index (χ0) is 20.2. The summed E-state index contributed by atoms with van der Waals surface area (Å²) in [5, 5.41) is 13.1. The molecule has 0 amide bonds. The first kappa shape index (κ1) is 20.4. The van der Waals surface area contributed by atoms with E-state index in [2.05, 4.69) is 34.6 Å². The lowest BCUT2D eigenvalue weighted by atomic mass is 9.66. The Labute approximate surface area is 179 Å². The minimum absolute atomic E-state index is 0.101. The normalized spacial score (nSPS) is 25.4. The van der Waals surface area contributed by atoms with E-state index < -0.39 is 0 Å². The number of hydrogen-bond acceptors (Lipinski definition) is 4. The van der Waals surface area contributed by atoms with Crippen LogP contribution in [0.3, 0.4) is 0 Å². The molecule has 154 valence electrons. The molecule has 1 aromatic rings. The van der Waals surface area contributed by atoms with Crippen molar-refractivity contribution in [1.29, 1.82) is 5.26 Å². The maximum Gasteiger partial charge on any atom is 0.146 e. The van der Waals surface area contributed by atoms with E-state index >= 15 is 0 Å². The number of halogens is 1. The van der Waals surface area contributed by atoms with E-state index in [1.165, 1.54) is 37.8 Å². The molecule has 1 spiro atoms. The van der Waals surface area contributed by atoms with Crippen LogP contribution < -0.4 is 5.32 Å². The van der Waals surface area contributed by atoms with Gasteiger partial charge in [0.05, 0.1) is 11.2 Å². The third-order valence-corrected chi connectivity index (χ3v) is 7.23. The molecule has 0 bridgehead atoms. The number of pyridine rings is 1. The molecule has 29 heavy (non-hydrogen) atoms. The van der Waals surface area contributed by atoms with Gasteiger partial charge in [-0.25, -0.2) is 4.98 Å². The van der Waals surface area contributed by atoms with E-state index in [1.54, 1.807) is 6.20 Å². The number of hydrogen-bond donors (Lipinski definition) is 1. The second kappa shape index (κ2) is 8.90. The van der Waals surface area contributed by atoms with Crippen molar-refractivity contribution in [3.8, 4) is 6.07 Å². The Bertz CT molecular complexity index is 835. The maximum absolute atomic E-state index is 9.16. The molecule has 5 heteroatoms. The molecular weight excluding hydrogens is 382 g/mol. The van der Waals surface area contributed by atoms with E-state index in [1.807, 2.05) is 6.07 Å². The quantitative estimate of drug-likeness (QED) is 0.498. The van der Waals surface area contributed by atoms with Gasteiger partial charge in [0.2, 0.25) is 0 Å². The fraction of sp³-hybridized carbons (Fsp3) is 0.583. The van der Waals surface area contributed by atoms with E-state index in [9.17, 15) is 0 Å². The van der Waals surface area contributed by atoms with Gasteiger partial charge in [0.1, 0.15) is 11.2 Å². The number of aromatic nitrogens is 1. The van der Waals surface area contributed by atoms with Gasteiger partial charge in [0, 0.05) is 30.5 Å². The Morgan fingerprint density at radius 1 is 1.24 bits per heavy atom. The van der Waals surface area contributed by atoms with Crippen LogP contribution in [0.1, 0.15) is 68.9 Å². The van der Waals surface area contributed by atoms with E-state index in [0.717, 1.165) is 50.8 Å². The van der Waals surface area contributed by atoms with Gasteiger partial charge in [0.15, 0.2) is 0 Å². The fourth-order valence-corrected chi connectivity index (χ4v) is 5.61. The molecule has 3 heterocycles. The van der Waals surface area contributed by atoms with Gasteiger partial charge >= 0.3 is 0 Å². The third-order valence-electron chi connectivity index (χ3n) is 6.93. The zero-order valence-corrected chi connectivity index (χ0v) is 17.8. The first-order valence-corrected chi connectivity index (χ1v) is 11.3. The van der Waals surface area contributed by atoms with Crippen molar-refractivity contribution >= 4 is 11.6 Å². The summed E-state index contributed by atoms with van der Waals surface area (Å²) in [5.74, 6) is 0. The SMILES string of the molecule is N#Cc1cc(CCCC[C@@]2(C3=CC=CCN3)CCOC3(CCCC3)C2)cnc1Cl. The Kier molecular flexibility index (Phi) is 6.27. The van der Waals surface area contributed by atoms with Gasteiger partial charge in [-0.05, 0) is 62.7 Å². The maximum atomic E-state index is 9.16. The number of unbranched alkanes of at least 4 members (excludes halogenated alkanes) is 1. The summed E-state index contributed by atoms with van der Waals surface area (Å²) < 4.78 is 6.36. The number of allylic oxidation sites excluding steroid dienone is 3. The Hall–Kier alpha value is -1.83. The molecule has 3 aliphatic rings. The number of ether oxygens (including phenoxy) is 1. The lowest BCUT2D eigenvalue weighted by molar-refractivity contribution is -0.116. The average Bonchev–Trinajstić information content (AvgIpc) is 3.20. The Balaban J connectivity index is 1.43. The van der Waals surface area contributed by atoms with Crippen LogP contribution in [0.15, 0.2) is 36.2 Å². The van der Waals surface area contributed by atoms with Crippen LogP contribution >= 0.6 is 11.6 Å². The standard InChI is InChI=1S/C24H30ClN3O/c25-22-20(16-26)15-19(17-28-22)7-1-3-9-23(21-8-2-6-13-27-21)12-14-29-24(18-23)10-4-5-11-24/h2,6,8,15,17,27H,1,3-5,7,9-14,18H2/t23-/m1/s1. The lowest BCUT2D eigenvalue weighted by Crippen LogP contribution is -2.47. The number of nitriles is 1. The summed E-state index contributed by atoms with van der Waals surface area (Å²) in [6.45, 7) is 1.80. The Morgan fingerprint density at radius 2 is 2.10 bits per heavy atom. The molecule has 1 saturated carbocycles. The van der Waals surface area contributed by atoms with Crippen LogP contribution in [-0.4, -0.2) is 23.7 Å². The van der Waals surface area contributed by atoms with Crippen molar-refractivity contribution in [3.63, 3.8) is 0 Å². The minimum atomic E-state index is 0.101. The van der Waals surface area contributed by atoms with E-state index in [-0.39, 0.29) is 11.0 Å². The summed E-state index contributed by atoms with van der Waals surface area (Å²) >= 11 is 5.96. The predicted molar refractivity (Wildman–Crippen MR) is 116 cm³/mol. The highest BCUT2D eigenvalue weighted by Gasteiger charge is 2.48. The van der Waals surface area contributed by atoms with Gasteiger partial charge in [-0.3, -0.25) is 0 Å². The van der Waals surface area contributed by atoms with Crippen LogP contribution in [0.4, 0.5) is 0 Å². The van der Waals surface area contributed by atoms with Crippen molar-refractivity contribution in [3.05, 3.63) is 52.5 Å². The summed E-state index contributed by atoms with van der Waals surface area (Å²) in [6, 6.07) is 4.00. The van der Waals surface area contributed by atoms with Gasteiger partial charge in [-0.1, -0.05) is 43.0 Å². The molecule has 0 radical (unpaired) electrons.